The van der Waals surface area contributed by atoms with Crippen LogP contribution in [0.15, 0.2) is 59.5 Å². The molecule has 1 aliphatic heterocycles. The zero-order valence-electron chi connectivity index (χ0n) is 15.6. The van der Waals surface area contributed by atoms with E-state index < -0.39 is 0 Å². The molecule has 2 aromatic heterocycles. The first kappa shape index (κ1) is 17.6. The molecular weight excluding hydrogens is 336 g/mol. The zero-order valence-corrected chi connectivity index (χ0v) is 15.6. The standard InChI is InChI=1S/C22H24N4O/c1-16-24-21(13-22(27)25-16)19-5-4-12-26(15-19)14-17-7-9-18(10-8-17)20-6-2-3-11-23-20/h2-3,6-11,13,19H,4-5,12,14-15H2,1H3,(H,24,25,27). The van der Waals surface area contributed by atoms with Crippen molar-refractivity contribution in [2.75, 3.05) is 13.1 Å². The highest BCUT2D eigenvalue weighted by molar-refractivity contribution is 5.58. The summed E-state index contributed by atoms with van der Waals surface area (Å²) in [4.78, 5) is 25.9. The van der Waals surface area contributed by atoms with Crippen LogP contribution < -0.4 is 5.56 Å². The number of hydrogen-bond donors (Lipinski definition) is 1. The van der Waals surface area contributed by atoms with Gasteiger partial charge in [-0.25, -0.2) is 4.98 Å². The molecule has 1 aromatic carbocycles. The van der Waals surface area contributed by atoms with Gasteiger partial charge in [0.15, 0.2) is 0 Å². The molecule has 1 N–H and O–H groups in total. The minimum Gasteiger partial charge on any atom is -0.311 e. The number of rotatable bonds is 4. The summed E-state index contributed by atoms with van der Waals surface area (Å²) in [7, 11) is 0. The summed E-state index contributed by atoms with van der Waals surface area (Å²) in [5, 5.41) is 0. The number of nitrogens with one attached hydrogen (secondary N) is 1. The molecule has 1 fully saturated rings. The normalized spacial score (nSPS) is 17.7. The zero-order chi connectivity index (χ0) is 18.6. The summed E-state index contributed by atoms with van der Waals surface area (Å²) < 4.78 is 0. The highest BCUT2D eigenvalue weighted by atomic mass is 16.1. The number of likely N-dealkylation sites (tertiary alicyclic amines) is 1. The Kier molecular flexibility index (Phi) is 5.12. The van der Waals surface area contributed by atoms with Gasteiger partial charge in [-0.3, -0.25) is 14.7 Å². The van der Waals surface area contributed by atoms with Gasteiger partial charge in [0, 0.05) is 36.8 Å². The average Bonchev–Trinajstić information content (AvgIpc) is 2.69. The van der Waals surface area contributed by atoms with Gasteiger partial charge >= 0.3 is 0 Å². The van der Waals surface area contributed by atoms with E-state index in [1.165, 1.54) is 5.56 Å². The molecule has 0 amide bonds. The fourth-order valence-electron chi connectivity index (χ4n) is 3.82. The molecule has 138 valence electrons. The third-order valence-electron chi connectivity index (χ3n) is 5.12. The molecule has 1 saturated heterocycles. The van der Waals surface area contributed by atoms with Gasteiger partial charge in [-0.15, -0.1) is 0 Å². The number of hydrogen-bond acceptors (Lipinski definition) is 4. The van der Waals surface area contributed by atoms with Gasteiger partial charge in [0.1, 0.15) is 5.82 Å². The van der Waals surface area contributed by atoms with Gasteiger partial charge in [-0.2, -0.15) is 0 Å². The van der Waals surface area contributed by atoms with Crippen LogP contribution in [0.1, 0.15) is 35.8 Å². The Bertz CT molecular complexity index is 950. The number of aryl methyl sites for hydroxylation is 1. The van der Waals surface area contributed by atoms with E-state index in [0.717, 1.165) is 49.4 Å². The quantitative estimate of drug-likeness (QED) is 0.773. The Morgan fingerprint density at radius 3 is 2.78 bits per heavy atom. The van der Waals surface area contributed by atoms with E-state index >= 15 is 0 Å². The molecule has 0 aliphatic carbocycles. The van der Waals surface area contributed by atoms with Crippen LogP contribution in [0.5, 0.6) is 0 Å². The van der Waals surface area contributed by atoms with Crippen molar-refractivity contribution >= 4 is 0 Å². The molecule has 4 rings (SSSR count). The smallest absolute Gasteiger partial charge is 0.251 e. The van der Waals surface area contributed by atoms with E-state index in [-0.39, 0.29) is 5.56 Å². The molecule has 1 unspecified atom stereocenters. The number of pyridine rings is 1. The SMILES string of the molecule is Cc1nc(C2CCCN(Cc3ccc(-c4ccccn4)cc3)C2)cc(=O)[nH]1. The van der Waals surface area contributed by atoms with E-state index in [1.54, 1.807) is 6.07 Å². The molecule has 0 spiro atoms. The summed E-state index contributed by atoms with van der Waals surface area (Å²) in [5.74, 6) is 1.02. The predicted octanol–water partition coefficient (Wildman–Crippen LogP) is 3.52. The third kappa shape index (κ3) is 4.31. The van der Waals surface area contributed by atoms with E-state index in [1.807, 2.05) is 31.3 Å². The second-order valence-electron chi connectivity index (χ2n) is 7.24. The van der Waals surface area contributed by atoms with Crippen LogP contribution in [-0.2, 0) is 6.54 Å². The molecule has 1 aliphatic rings. The highest BCUT2D eigenvalue weighted by Gasteiger charge is 2.23. The first-order valence-electron chi connectivity index (χ1n) is 9.48. The third-order valence-corrected chi connectivity index (χ3v) is 5.12. The molecule has 5 nitrogen and oxygen atoms in total. The maximum atomic E-state index is 11.8. The summed E-state index contributed by atoms with van der Waals surface area (Å²) in [6, 6.07) is 16.3. The predicted molar refractivity (Wildman–Crippen MR) is 107 cm³/mol. The molecule has 1 atom stereocenters. The molecule has 0 saturated carbocycles. The Labute approximate surface area is 159 Å². The number of aromatic nitrogens is 3. The average molecular weight is 360 g/mol. The van der Waals surface area contributed by atoms with Crippen molar-refractivity contribution in [3.8, 4) is 11.3 Å². The minimum absolute atomic E-state index is 0.0558. The largest absolute Gasteiger partial charge is 0.311 e. The van der Waals surface area contributed by atoms with Crippen LogP contribution in [0.25, 0.3) is 11.3 Å². The van der Waals surface area contributed by atoms with Crippen LogP contribution in [0.3, 0.4) is 0 Å². The van der Waals surface area contributed by atoms with E-state index in [2.05, 4.69) is 44.1 Å². The van der Waals surface area contributed by atoms with Crippen molar-refractivity contribution in [1.82, 2.24) is 19.9 Å². The second-order valence-corrected chi connectivity index (χ2v) is 7.24. The lowest BCUT2D eigenvalue weighted by atomic mass is 9.94. The maximum Gasteiger partial charge on any atom is 0.251 e. The van der Waals surface area contributed by atoms with Gasteiger partial charge in [0.2, 0.25) is 0 Å². The number of piperidine rings is 1. The first-order valence-corrected chi connectivity index (χ1v) is 9.48. The lowest BCUT2D eigenvalue weighted by Crippen LogP contribution is -2.34. The summed E-state index contributed by atoms with van der Waals surface area (Å²) in [5.41, 5.74) is 4.30. The molecule has 27 heavy (non-hydrogen) atoms. The second kappa shape index (κ2) is 7.84. The van der Waals surface area contributed by atoms with Crippen molar-refractivity contribution in [2.45, 2.75) is 32.2 Å². The summed E-state index contributed by atoms with van der Waals surface area (Å²) in [6.45, 7) is 4.79. The maximum absolute atomic E-state index is 11.8. The topological polar surface area (TPSA) is 61.9 Å². The lowest BCUT2D eigenvalue weighted by Gasteiger charge is -2.32. The number of benzene rings is 1. The lowest BCUT2D eigenvalue weighted by molar-refractivity contribution is 0.198. The molecule has 0 radical (unpaired) electrons. The Balaban J connectivity index is 1.44. The molecule has 3 aromatic rings. The molecule has 5 heteroatoms. The van der Waals surface area contributed by atoms with Crippen molar-refractivity contribution in [3.63, 3.8) is 0 Å². The van der Waals surface area contributed by atoms with Gasteiger partial charge < -0.3 is 4.98 Å². The van der Waals surface area contributed by atoms with Crippen LogP contribution in [0.4, 0.5) is 0 Å². The van der Waals surface area contributed by atoms with E-state index in [4.69, 9.17) is 0 Å². The number of H-pyrrole nitrogens is 1. The minimum atomic E-state index is -0.0558. The van der Waals surface area contributed by atoms with Crippen LogP contribution in [0, 0.1) is 6.92 Å². The van der Waals surface area contributed by atoms with Crippen molar-refractivity contribution in [3.05, 3.63) is 82.2 Å². The number of nitrogens with zero attached hydrogens (tertiary/aromatic N) is 3. The molecule has 3 heterocycles. The van der Waals surface area contributed by atoms with Gasteiger partial charge in [0.05, 0.1) is 11.4 Å². The first-order chi connectivity index (χ1) is 13.2. The van der Waals surface area contributed by atoms with E-state index in [0.29, 0.717) is 11.7 Å². The fraction of sp³-hybridized carbons (Fsp3) is 0.318. The van der Waals surface area contributed by atoms with Gasteiger partial charge in [0.25, 0.3) is 5.56 Å². The van der Waals surface area contributed by atoms with Crippen LogP contribution in [-0.4, -0.2) is 32.9 Å². The molecule has 0 bridgehead atoms. The monoisotopic (exact) mass is 360 g/mol. The van der Waals surface area contributed by atoms with Crippen LogP contribution >= 0.6 is 0 Å². The summed E-state index contributed by atoms with van der Waals surface area (Å²) in [6.07, 6.45) is 4.04. The van der Waals surface area contributed by atoms with Gasteiger partial charge in [-0.1, -0.05) is 30.3 Å². The number of aromatic amines is 1. The fourth-order valence-corrected chi connectivity index (χ4v) is 3.82. The summed E-state index contributed by atoms with van der Waals surface area (Å²) >= 11 is 0. The highest BCUT2D eigenvalue weighted by Crippen LogP contribution is 2.26. The van der Waals surface area contributed by atoms with E-state index in [9.17, 15) is 4.79 Å². The van der Waals surface area contributed by atoms with Crippen molar-refractivity contribution < 1.29 is 0 Å². The van der Waals surface area contributed by atoms with Crippen molar-refractivity contribution in [2.24, 2.45) is 0 Å². The Morgan fingerprint density at radius 1 is 1.19 bits per heavy atom. The molecular formula is C22H24N4O. The van der Waals surface area contributed by atoms with Gasteiger partial charge in [-0.05, 0) is 44.0 Å². The van der Waals surface area contributed by atoms with Crippen LogP contribution in [0.2, 0.25) is 0 Å². The Hall–Kier alpha value is -2.79. The Morgan fingerprint density at radius 2 is 2.04 bits per heavy atom. The van der Waals surface area contributed by atoms with Crippen molar-refractivity contribution in [1.29, 1.82) is 0 Å².